The van der Waals surface area contributed by atoms with Gasteiger partial charge in [0, 0.05) is 6.54 Å². The number of amides is 1. The Hall–Kier alpha value is -1.00. The number of nitrogens with zero attached hydrogens (tertiary/aromatic N) is 1. The van der Waals surface area contributed by atoms with Gasteiger partial charge in [-0.3, -0.25) is 4.79 Å². The molecule has 1 spiro atoms. The van der Waals surface area contributed by atoms with Gasteiger partial charge in [-0.25, -0.2) is 0 Å². The summed E-state index contributed by atoms with van der Waals surface area (Å²) in [6.07, 6.45) is 11.5. The lowest BCUT2D eigenvalue weighted by Gasteiger charge is -2.42. The van der Waals surface area contributed by atoms with E-state index in [1.165, 1.54) is 24.2 Å². The van der Waals surface area contributed by atoms with Gasteiger partial charge in [-0.15, -0.1) is 0 Å². The molecule has 0 bridgehead atoms. The Bertz CT molecular complexity index is 423. The van der Waals surface area contributed by atoms with Crippen molar-refractivity contribution in [2.45, 2.75) is 95.2 Å². The third-order valence-corrected chi connectivity index (χ3v) is 5.50. The standard InChI is InChI=1S/C19H30F3NO/c20-19(21,22)17(24)23-16-12-8-6-4-2-1-3-5-7-9-13-18(23)14-10-11-15-18/h10-11H,1-9,12-16H2. The molecular weight excluding hydrogens is 315 g/mol. The number of rotatable bonds is 0. The summed E-state index contributed by atoms with van der Waals surface area (Å²) in [5.41, 5.74) is -0.642. The molecule has 2 nitrogen and oxygen atoms in total. The largest absolute Gasteiger partial charge is 0.471 e. The van der Waals surface area contributed by atoms with Crippen molar-refractivity contribution in [2.75, 3.05) is 6.54 Å². The second-order valence-corrected chi connectivity index (χ2v) is 7.34. The summed E-state index contributed by atoms with van der Waals surface area (Å²) < 4.78 is 39.4. The van der Waals surface area contributed by atoms with Gasteiger partial charge in [0.1, 0.15) is 0 Å². The molecule has 0 aromatic heterocycles. The van der Waals surface area contributed by atoms with Gasteiger partial charge in [0.25, 0.3) is 0 Å². The zero-order valence-corrected chi connectivity index (χ0v) is 14.5. The Balaban J connectivity index is 2.12. The van der Waals surface area contributed by atoms with Crippen LogP contribution in [0.15, 0.2) is 12.2 Å². The second-order valence-electron chi connectivity index (χ2n) is 7.34. The topological polar surface area (TPSA) is 20.3 Å². The van der Waals surface area contributed by atoms with Gasteiger partial charge in [0.05, 0.1) is 5.54 Å². The summed E-state index contributed by atoms with van der Waals surface area (Å²) in [5, 5.41) is 0. The van der Waals surface area contributed by atoms with Gasteiger partial charge >= 0.3 is 12.1 Å². The van der Waals surface area contributed by atoms with E-state index in [-0.39, 0.29) is 6.54 Å². The van der Waals surface area contributed by atoms with E-state index in [0.29, 0.717) is 25.7 Å². The van der Waals surface area contributed by atoms with Crippen molar-refractivity contribution in [2.24, 2.45) is 0 Å². The van der Waals surface area contributed by atoms with Crippen molar-refractivity contribution in [1.29, 1.82) is 0 Å². The highest BCUT2D eigenvalue weighted by Gasteiger charge is 2.49. The van der Waals surface area contributed by atoms with E-state index in [0.717, 1.165) is 38.5 Å². The Morgan fingerprint density at radius 3 is 1.75 bits per heavy atom. The van der Waals surface area contributed by atoms with Crippen LogP contribution in [0.4, 0.5) is 13.2 Å². The predicted molar refractivity (Wildman–Crippen MR) is 89.7 cm³/mol. The summed E-state index contributed by atoms with van der Waals surface area (Å²) in [4.78, 5) is 13.3. The third-order valence-electron chi connectivity index (χ3n) is 5.50. The Morgan fingerprint density at radius 2 is 1.25 bits per heavy atom. The molecule has 0 unspecified atom stereocenters. The lowest BCUT2D eigenvalue weighted by Crippen LogP contribution is -2.55. The number of halogens is 3. The fourth-order valence-electron chi connectivity index (χ4n) is 4.09. The highest BCUT2D eigenvalue weighted by atomic mass is 19.4. The van der Waals surface area contributed by atoms with Crippen molar-refractivity contribution >= 4 is 5.91 Å². The molecule has 1 fully saturated rings. The van der Waals surface area contributed by atoms with E-state index in [1.807, 2.05) is 12.2 Å². The van der Waals surface area contributed by atoms with Crippen LogP contribution in [0, 0.1) is 0 Å². The van der Waals surface area contributed by atoms with Gasteiger partial charge in [-0.1, -0.05) is 69.9 Å². The van der Waals surface area contributed by atoms with Crippen LogP contribution in [-0.4, -0.2) is 29.1 Å². The summed E-state index contributed by atoms with van der Waals surface area (Å²) >= 11 is 0. The van der Waals surface area contributed by atoms with E-state index in [1.54, 1.807) is 0 Å². The van der Waals surface area contributed by atoms with Crippen LogP contribution >= 0.6 is 0 Å². The van der Waals surface area contributed by atoms with Crippen LogP contribution < -0.4 is 0 Å². The fourth-order valence-corrected chi connectivity index (χ4v) is 4.09. The average molecular weight is 345 g/mol. The number of carbonyl (C=O) groups is 1. The van der Waals surface area contributed by atoms with Crippen LogP contribution in [0.25, 0.3) is 0 Å². The van der Waals surface area contributed by atoms with E-state index >= 15 is 0 Å². The number of alkyl halides is 3. The minimum absolute atomic E-state index is 0.236. The van der Waals surface area contributed by atoms with Crippen molar-refractivity contribution in [3.05, 3.63) is 12.2 Å². The highest BCUT2D eigenvalue weighted by Crippen LogP contribution is 2.38. The van der Waals surface area contributed by atoms with Crippen molar-refractivity contribution in [3.63, 3.8) is 0 Å². The molecule has 138 valence electrons. The molecule has 2 rings (SSSR count). The van der Waals surface area contributed by atoms with Gasteiger partial charge in [-0.05, 0) is 25.7 Å². The van der Waals surface area contributed by atoms with E-state index in [9.17, 15) is 18.0 Å². The van der Waals surface area contributed by atoms with E-state index in [2.05, 4.69) is 0 Å². The molecule has 24 heavy (non-hydrogen) atoms. The molecule has 0 aromatic carbocycles. The second kappa shape index (κ2) is 8.91. The van der Waals surface area contributed by atoms with Crippen molar-refractivity contribution in [1.82, 2.24) is 4.90 Å². The number of hydrogen-bond donors (Lipinski definition) is 0. The number of carbonyl (C=O) groups excluding carboxylic acids is 1. The third kappa shape index (κ3) is 5.25. The molecule has 0 saturated carbocycles. The van der Waals surface area contributed by atoms with Crippen LogP contribution in [0.1, 0.15) is 83.5 Å². The minimum Gasteiger partial charge on any atom is -0.329 e. The normalized spacial score (nSPS) is 24.0. The van der Waals surface area contributed by atoms with Crippen molar-refractivity contribution < 1.29 is 18.0 Å². The first-order valence-electron chi connectivity index (χ1n) is 9.50. The molecule has 1 heterocycles. The first kappa shape index (κ1) is 19.3. The van der Waals surface area contributed by atoms with Gasteiger partial charge in [0.15, 0.2) is 0 Å². The molecule has 0 atom stereocenters. The lowest BCUT2D eigenvalue weighted by molar-refractivity contribution is -0.192. The molecule has 0 aromatic rings. The van der Waals surface area contributed by atoms with E-state index < -0.39 is 17.6 Å². The lowest BCUT2D eigenvalue weighted by atomic mass is 9.86. The molecule has 1 aliphatic heterocycles. The maximum absolute atomic E-state index is 13.1. The fraction of sp³-hybridized carbons (Fsp3) is 0.842. The summed E-state index contributed by atoms with van der Waals surface area (Å²) in [6, 6.07) is 0. The van der Waals surface area contributed by atoms with Crippen molar-refractivity contribution in [3.8, 4) is 0 Å². The summed E-state index contributed by atoms with van der Waals surface area (Å²) in [7, 11) is 0. The monoisotopic (exact) mass is 345 g/mol. The molecule has 1 amide bonds. The predicted octanol–water partition coefficient (Wildman–Crippen LogP) is 5.77. The molecule has 2 aliphatic rings. The molecule has 1 saturated heterocycles. The molecule has 0 radical (unpaired) electrons. The first-order valence-corrected chi connectivity index (χ1v) is 9.50. The summed E-state index contributed by atoms with van der Waals surface area (Å²) in [5.74, 6) is -1.64. The Kier molecular flexibility index (Phi) is 7.17. The number of hydrogen-bond acceptors (Lipinski definition) is 1. The smallest absolute Gasteiger partial charge is 0.329 e. The quantitative estimate of drug-likeness (QED) is 0.510. The maximum atomic E-state index is 13.1. The van der Waals surface area contributed by atoms with Gasteiger partial charge in [0.2, 0.25) is 0 Å². The molecule has 0 N–H and O–H groups in total. The molecule has 1 aliphatic carbocycles. The zero-order valence-electron chi connectivity index (χ0n) is 14.5. The minimum atomic E-state index is -4.78. The van der Waals surface area contributed by atoms with Crippen LogP contribution in [0.2, 0.25) is 0 Å². The highest BCUT2D eigenvalue weighted by molar-refractivity contribution is 5.82. The molecular formula is C19H30F3NO. The van der Waals surface area contributed by atoms with Crippen LogP contribution in [0.3, 0.4) is 0 Å². The van der Waals surface area contributed by atoms with E-state index in [4.69, 9.17) is 0 Å². The van der Waals surface area contributed by atoms with Gasteiger partial charge < -0.3 is 4.90 Å². The average Bonchev–Trinajstić information content (AvgIpc) is 2.99. The first-order chi connectivity index (χ1) is 11.5. The Morgan fingerprint density at radius 1 is 0.792 bits per heavy atom. The summed E-state index contributed by atoms with van der Waals surface area (Å²) in [6.45, 7) is 0.236. The van der Waals surface area contributed by atoms with Crippen LogP contribution in [0.5, 0.6) is 0 Å². The van der Waals surface area contributed by atoms with Gasteiger partial charge in [-0.2, -0.15) is 13.2 Å². The SMILES string of the molecule is O=C(N1CCCCCCCCCCCCC12CC=CC2)C(F)(F)F. The Labute approximate surface area is 143 Å². The van der Waals surface area contributed by atoms with Crippen LogP contribution in [-0.2, 0) is 4.79 Å². The molecule has 5 heteroatoms. The zero-order chi connectivity index (χ0) is 17.5. The maximum Gasteiger partial charge on any atom is 0.471 e.